The number of anilines is 2. The highest BCUT2D eigenvalue weighted by Gasteiger charge is 2.28. The molecule has 0 radical (unpaired) electrons. The zero-order valence-electron chi connectivity index (χ0n) is 14.4. The molecule has 0 spiro atoms. The van der Waals surface area contributed by atoms with Gasteiger partial charge in [-0.05, 0) is 49.6 Å². The average Bonchev–Trinajstić information content (AvgIpc) is 2.62. The molecule has 1 atom stereocenters. The van der Waals surface area contributed by atoms with Gasteiger partial charge >= 0.3 is 6.03 Å². The van der Waals surface area contributed by atoms with Gasteiger partial charge in [0.25, 0.3) is 0 Å². The standard InChI is InChI=1S/C20H23N3O2/c1-15-7-5-11-18(13-15)21-19(24)16-8-6-12-23(14-16)20(25)22-17-9-3-2-4-10-17/h2-5,7,9-11,13,16H,6,8,12,14H2,1H3,(H,21,24)(H,22,25)/t16-/m0/s1. The summed E-state index contributed by atoms with van der Waals surface area (Å²) in [6, 6.07) is 17.0. The summed E-state index contributed by atoms with van der Waals surface area (Å²) in [5.74, 6) is -0.210. The molecule has 0 saturated carbocycles. The highest BCUT2D eigenvalue weighted by Crippen LogP contribution is 2.20. The predicted octanol–water partition coefficient (Wildman–Crippen LogP) is 3.88. The van der Waals surface area contributed by atoms with Crippen LogP contribution in [0.4, 0.5) is 16.2 Å². The number of aryl methyl sites for hydroxylation is 1. The monoisotopic (exact) mass is 337 g/mol. The van der Waals surface area contributed by atoms with E-state index in [9.17, 15) is 9.59 Å². The smallest absolute Gasteiger partial charge is 0.321 e. The summed E-state index contributed by atoms with van der Waals surface area (Å²) < 4.78 is 0. The summed E-state index contributed by atoms with van der Waals surface area (Å²) in [6.07, 6.45) is 1.63. The van der Waals surface area contributed by atoms with E-state index in [2.05, 4.69) is 10.6 Å². The van der Waals surface area contributed by atoms with Crippen LogP contribution in [0.3, 0.4) is 0 Å². The van der Waals surface area contributed by atoms with Gasteiger partial charge in [-0.25, -0.2) is 4.79 Å². The van der Waals surface area contributed by atoms with Gasteiger partial charge in [-0.3, -0.25) is 4.79 Å². The molecule has 3 rings (SSSR count). The molecule has 2 aromatic rings. The Morgan fingerprint density at radius 2 is 1.76 bits per heavy atom. The number of para-hydroxylation sites is 1. The number of benzene rings is 2. The summed E-state index contributed by atoms with van der Waals surface area (Å²) in [4.78, 5) is 26.7. The van der Waals surface area contributed by atoms with E-state index < -0.39 is 0 Å². The Kier molecular flexibility index (Phi) is 5.33. The molecule has 2 aromatic carbocycles. The number of carbonyl (C=O) groups is 2. The lowest BCUT2D eigenvalue weighted by molar-refractivity contribution is -0.121. The molecule has 5 heteroatoms. The third-order valence-electron chi connectivity index (χ3n) is 4.39. The maximum Gasteiger partial charge on any atom is 0.321 e. The molecule has 1 saturated heterocycles. The molecule has 1 fully saturated rings. The molecule has 5 nitrogen and oxygen atoms in total. The quantitative estimate of drug-likeness (QED) is 0.893. The van der Waals surface area contributed by atoms with Crippen LogP contribution in [0.5, 0.6) is 0 Å². The van der Waals surface area contributed by atoms with Crippen molar-refractivity contribution >= 4 is 23.3 Å². The minimum absolute atomic E-state index is 0.0252. The van der Waals surface area contributed by atoms with E-state index in [1.54, 1.807) is 4.90 Å². The second kappa shape index (κ2) is 7.83. The van der Waals surface area contributed by atoms with Crippen LogP contribution in [-0.2, 0) is 4.79 Å². The number of nitrogens with one attached hydrogen (secondary N) is 2. The predicted molar refractivity (Wildman–Crippen MR) is 99.6 cm³/mol. The van der Waals surface area contributed by atoms with Gasteiger partial charge in [-0.15, -0.1) is 0 Å². The Balaban J connectivity index is 1.58. The van der Waals surface area contributed by atoms with E-state index in [-0.39, 0.29) is 17.9 Å². The van der Waals surface area contributed by atoms with Gasteiger partial charge < -0.3 is 15.5 Å². The van der Waals surface area contributed by atoms with E-state index in [0.29, 0.717) is 13.1 Å². The first kappa shape index (κ1) is 17.0. The van der Waals surface area contributed by atoms with Crippen molar-refractivity contribution in [3.63, 3.8) is 0 Å². The topological polar surface area (TPSA) is 61.4 Å². The highest BCUT2D eigenvalue weighted by molar-refractivity contribution is 5.94. The van der Waals surface area contributed by atoms with Crippen LogP contribution in [0.2, 0.25) is 0 Å². The van der Waals surface area contributed by atoms with Crippen molar-refractivity contribution in [2.75, 3.05) is 23.7 Å². The van der Waals surface area contributed by atoms with Crippen molar-refractivity contribution in [1.82, 2.24) is 4.90 Å². The first-order valence-electron chi connectivity index (χ1n) is 8.60. The van der Waals surface area contributed by atoms with Gasteiger partial charge in [0, 0.05) is 24.5 Å². The van der Waals surface area contributed by atoms with Crippen molar-refractivity contribution in [2.24, 2.45) is 5.92 Å². The molecule has 25 heavy (non-hydrogen) atoms. The lowest BCUT2D eigenvalue weighted by Crippen LogP contribution is -2.45. The maximum atomic E-state index is 12.5. The van der Waals surface area contributed by atoms with Crippen LogP contribution in [0, 0.1) is 12.8 Å². The minimum atomic E-state index is -0.184. The minimum Gasteiger partial charge on any atom is -0.326 e. The zero-order valence-corrected chi connectivity index (χ0v) is 14.4. The van der Waals surface area contributed by atoms with Gasteiger partial charge in [0.15, 0.2) is 0 Å². The molecule has 0 aliphatic carbocycles. The molecule has 0 unspecified atom stereocenters. The van der Waals surface area contributed by atoms with Crippen LogP contribution < -0.4 is 10.6 Å². The molecule has 1 heterocycles. The molecular weight excluding hydrogens is 314 g/mol. The summed E-state index contributed by atoms with van der Waals surface area (Å²) in [6.45, 7) is 3.11. The molecule has 3 amide bonds. The SMILES string of the molecule is Cc1cccc(NC(=O)[C@H]2CCCN(C(=O)Nc3ccccc3)C2)c1. The fraction of sp³-hybridized carbons (Fsp3) is 0.300. The Morgan fingerprint density at radius 1 is 1.00 bits per heavy atom. The largest absolute Gasteiger partial charge is 0.326 e. The van der Waals surface area contributed by atoms with Crippen LogP contribution in [-0.4, -0.2) is 29.9 Å². The van der Waals surface area contributed by atoms with Crippen LogP contribution in [0.1, 0.15) is 18.4 Å². The van der Waals surface area contributed by atoms with Crippen molar-refractivity contribution < 1.29 is 9.59 Å². The number of urea groups is 1. The van der Waals surface area contributed by atoms with Crippen LogP contribution >= 0.6 is 0 Å². The first-order chi connectivity index (χ1) is 12.1. The number of rotatable bonds is 3. The Labute approximate surface area is 148 Å². The number of hydrogen-bond donors (Lipinski definition) is 2. The third kappa shape index (κ3) is 4.59. The number of amides is 3. The van der Waals surface area contributed by atoms with Crippen molar-refractivity contribution in [1.29, 1.82) is 0 Å². The number of carbonyl (C=O) groups excluding carboxylic acids is 2. The van der Waals surface area contributed by atoms with Gasteiger partial charge in [0.1, 0.15) is 0 Å². The van der Waals surface area contributed by atoms with Gasteiger partial charge in [0.2, 0.25) is 5.91 Å². The van der Waals surface area contributed by atoms with E-state index in [1.807, 2.05) is 61.5 Å². The molecule has 1 aliphatic rings. The molecular formula is C20H23N3O2. The molecule has 0 aromatic heterocycles. The Morgan fingerprint density at radius 3 is 2.52 bits per heavy atom. The average molecular weight is 337 g/mol. The van der Waals surface area contributed by atoms with Gasteiger partial charge in [-0.2, -0.15) is 0 Å². The van der Waals surface area contributed by atoms with E-state index in [4.69, 9.17) is 0 Å². The zero-order chi connectivity index (χ0) is 17.6. The molecule has 130 valence electrons. The summed E-state index contributed by atoms with van der Waals surface area (Å²) >= 11 is 0. The van der Waals surface area contributed by atoms with Crippen molar-refractivity contribution in [2.45, 2.75) is 19.8 Å². The van der Waals surface area contributed by atoms with E-state index in [0.717, 1.165) is 29.8 Å². The number of hydrogen-bond acceptors (Lipinski definition) is 2. The number of piperidine rings is 1. The van der Waals surface area contributed by atoms with Crippen molar-refractivity contribution in [3.8, 4) is 0 Å². The third-order valence-corrected chi connectivity index (χ3v) is 4.39. The van der Waals surface area contributed by atoms with Gasteiger partial charge in [0.05, 0.1) is 5.92 Å². The normalized spacial score (nSPS) is 17.0. The fourth-order valence-corrected chi connectivity index (χ4v) is 3.07. The summed E-state index contributed by atoms with van der Waals surface area (Å²) in [5, 5.41) is 5.85. The van der Waals surface area contributed by atoms with Crippen molar-refractivity contribution in [3.05, 3.63) is 60.2 Å². The fourth-order valence-electron chi connectivity index (χ4n) is 3.07. The summed E-state index contributed by atoms with van der Waals surface area (Å²) in [5.41, 5.74) is 2.67. The van der Waals surface area contributed by atoms with E-state index in [1.165, 1.54) is 0 Å². The maximum absolute atomic E-state index is 12.5. The molecule has 2 N–H and O–H groups in total. The second-order valence-electron chi connectivity index (χ2n) is 6.44. The van der Waals surface area contributed by atoms with Gasteiger partial charge in [-0.1, -0.05) is 30.3 Å². The molecule has 0 bridgehead atoms. The number of likely N-dealkylation sites (tertiary alicyclic amines) is 1. The van der Waals surface area contributed by atoms with Crippen LogP contribution in [0.25, 0.3) is 0 Å². The molecule has 1 aliphatic heterocycles. The Hall–Kier alpha value is -2.82. The van der Waals surface area contributed by atoms with Crippen LogP contribution in [0.15, 0.2) is 54.6 Å². The first-order valence-corrected chi connectivity index (χ1v) is 8.60. The lowest BCUT2D eigenvalue weighted by atomic mass is 9.97. The second-order valence-corrected chi connectivity index (χ2v) is 6.44. The van der Waals surface area contributed by atoms with E-state index >= 15 is 0 Å². The Bertz CT molecular complexity index is 746. The lowest BCUT2D eigenvalue weighted by Gasteiger charge is -2.32. The summed E-state index contributed by atoms with van der Waals surface area (Å²) in [7, 11) is 0. The highest BCUT2D eigenvalue weighted by atomic mass is 16.2. The number of nitrogens with zero attached hydrogens (tertiary/aromatic N) is 1.